The lowest BCUT2D eigenvalue weighted by Crippen LogP contribution is -2.35. The Labute approximate surface area is 113 Å². The van der Waals surface area contributed by atoms with E-state index in [9.17, 15) is 8.42 Å². The maximum absolute atomic E-state index is 12.1. The first-order chi connectivity index (χ1) is 8.50. The molecule has 1 N–H and O–H groups in total. The van der Waals surface area contributed by atoms with Crippen LogP contribution in [0.25, 0.3) is 0 Å². The third-order valence-electron chi connectivity index (χ3n) is 3.30. The summed E-state index contributed by atoms with van der Waals surface area (Å²) >= 11 is 5.78. The van der Waals surface area contributed by atoms with E-state index in [1.54, 1.807) is 24.3 Å². The van der Waals surface area contributed by atoms with E-state index in [-0.39, 0.29) is 17.5 Å². The number of sulfone groups is 1. The predicted molar refractivity (Wildman–Crippen MR) is 74.5 cm³/mol. The molecule has 0 spiro atoms. The summed E-state index contributed by atoms with van der Waals surface area (Å²) in [4.78, 5) is 0. The van der Waals surface area contributed by atoms with Crippen molar-refractivity contribution in [3.05, 3.63) is 34.9 Å². The van der Waals surface area contributed by atoms with Crippen LogP contribution in [0.2, 0.25) is 5.02 Å². The zero-order valence-electron chi connectivity index (χ0n) is 10.4. The second-order valence-electron chi connectivity index (χ2n) is 4.91. The lowest BCUT2D eigenvalue weighted by Gasteiger charge is -2.15. The fraction of sp³-hybridized carbons (Fsp3) is 0.538. The summed E-state index contributed by atoms with van der Waals surface area (Å²) < 4.78 is 24.2. The van der Waals surface area contributed by atoms with Gasteiger partial charge in [-0.3, -0.25) is 0 Å². The normalized spacial score (nSPS) is 17.7. The average molecular weight is 288 g/mol. The molecule has 3 nitrogen and oxygen atoms in total. The zero-order valence-corrected chi connectivity index (χ0v) is 12.0. The van der Waals surface area contributed by atoms with E-state index in [1.165, 1.54) is 0 Å². The summed E-state index contributed by atoms with van der Waals surface area (Å²) in [7, 11) is -1.24. The second kappa shape index (κ2) is 5.59. The molecule has 1 aromatic rings. The van der Waals surface area contributed by atoms with Gasteiger partial charge in [0, 0.05) is 11.1 Å². The van der Waals surface area contributed by atoms with Crippen LogP contribution in [-0.4, -0.2) is 27.3 Å². The molecule has 18 heavy (non-hydrogen) atoms. The first-order valence-corrected chi connectivity index (χ1v) is 8.32. The number of hydrogen-bond acceptors (Lipinski definition) is 3. The molecular formula is C13H18ClNO2S. The van der Waals surface area contributed by atoms with Gasteiger partial charge in [0.15, 0.2) is 9.84 Å². The first-order valence-electron chi connectivity index (χ1n) is 6.12. The molecule has 1 unspecified atom stereocenters. The number of halogens is 1. The van der Waals surface area contributed by atoms with Crippen molar-refractivity contribution in [2.45, 2.75) is 24.6 Å². The first kappa shape index (κ1) is 13.8. The van der Waals surface area contributed by atoms with E-state index in [1.807, 2.05) is 7.05 Å². The lowest BCUT2D eigenvalue weighted by atomic mass is 10.2. The maximum Gasteiger partial charge on any atom is 0.155 e. The van der Waals surface area contributed by atoms with Crippen molar-refractivity contribution in [3.8, 4) is 0 Å². The fourth-order valence-corrected chi connectivity index (χ4v) is 4.05. The summed E-state index contributed by atoms with van der Waals surface area (Å²) in [5, 5.41) is 3.74. The largest absolute Gasteiger partial charge is 0.316 e. The highest BCUT2D eigenvalue weighted by Crippen LogP contribution is 2.33. The lowest BCUT2D eigenvalue weighted by molar-refractivity contribution is 0.527. The third kappa shape index (κ3) is 3.97. The molecule has 0 aliphatic heterocycles. The van der Waals surface area contributed by atoms with Crippen molar-refractivity contribution < 1.29 is 8.42 Å². The SMILES string of the molecule is CNC(CS(=O)(=O)Cc1ccc(Cl)cc1)C1CC1. The van der Waals surface area contributed by atoms with Crippen LogP contribution in [-0.2, 0) is 15.6 Å². The average Bonchev–Trinajstić information content (AvgIpc) is 3.13. The molecule has 5 heteroatoms. The maximum atomic E-state index is 12.1. The van der Waals surface area contributed by atoms with Gasteiger partial charge in [0.2, 0.25) is 0 Å². The Morgan fingerprint density at radius 2 is 1.94 bits per heavy atom. The molecule has 0 radical (unpaired) electrons. The molecule has 0 saturated heterocycles. The van der Waals surface area contributed by atoms with Crippen LogP contribution in [0.5, 0.6) is 0 Å². The molecule has 1 saturated carbocycles. The van der Waals surface area contributed by atoms with E-state index >= 15 is 0 Å². The molecule has 1 aliphatic rings. The molecule has 1 atom stereocenters. The van der Waals surface area contributed by atoms with Crippen molar-refractivity contribution in [3.63, 3.8) is 0 Å². The van der Waals surface area contributed by atoms with E-state index in [0.29, 0.717) is 10.9 Å². The summed E-state index contributed by atoms with van der Waals surface area (Å²) in [6, 6.07) is 7.09. The molecular weight excluding hydrogens is 270 g/mol. The van der Waals surface area contributed by atoms with Crippen LogP contribution < -0.4 is 5.32 Å². The topological polar surface area (TPSA) is 46.2 Å². The molecule has 1 fully saturated rings. The van der Waals surface area contributed by atoms with Crippen molar-refractivity contribution in [1.29, 1.82) is 0 Å². The molecule has 2 rings (SSSR count). The van der Waals surface area contributed by atoms with Crippen LogP contribution in [0.15, 0.2) is 24.3 Å². The van der Waals surface area contributed by atoms with Gasteiger partial charge in [-0.25, -0.2) is 8.42 Å². The standard InChI is InChI=1S/C13H18ClNO2S/c1-15-13(11-4-5-11)9-18(16,17)8-10-2-6-12(14)7-3-10/h2-3,6-7,11,13,15H,4-5,8-9H2,1H3. The highest BCUT2D eigenvalue weighted by molar-refractivity contribution is 7.90. The van der Waals surface area contributed by atoms with Crippen LogP contribution in [0.3, 0.4) is 0 Å². The molecule has 1 aliphatic carbocycles. The monoisotopic (exact) mass is 287 g/mol. The zero-order chi connectivity index (χ0) is 13.2. The highest BCUT2D eigenvalue weighted by atomic mass is 35.5. The summed E-state index contributed by atoms with van der Waals surface area (Å²) in [6.07, 6.45) is 2.28. The van der Waals surface area contributed by atoms with Gasteiger partial charge < -0.3 is 5.32 Å². The quantitative estimate of drug-likeness (QED) is 0.873. The number of rotatable bonds is 6. The smallest absolute Gasteiger partial charge is 0.155 e. The predicted octanol–water partition coefficient (Wildman–Crippen LogP) is 2.25. The molecule has 1 aromatic carbocycles. The van der Waals surface area contributed by atoms with E-state index in [2.05, 4.69) is 5.32 Å². The Morgan fingerprint density at radius 1 is 1.33 bits per heavy atom. The molecule has 0 bridgehead atoms. The van der Waals surface area contributed by atoms with Gasteiger partial charge in [-0.1, -0.05) is 23.7 Å². The molecule has 0 aromatic heterocycles. The van der Waals surface area contributed by atoms with Crippen molar-refractivity contribution in [2.24, 2.45) is 5.92 Å². The van der Waals surface area contributed by atoms with Gasteiger partial charge in [0.25, 0.3) is 0 Å². The highest BCUT2D eigenvalue weighted by Gasteiger charge is 2.33. The van der Waals surface area contributed by atoms with Gasteiger partial charge in [-0.15, -0.1) is 0 Å². The van der Waals surface area contributed by atoms with E-state index in [0.717, 1.165) is 18.4 Å². The molecule has 100 valence electrons. The Morgan fingerprint density at radius 3 is 2.44 bits per heavy atom. The van der Waals surface area contributed by atoms with Gasteiger partial charge >= 0.3 is 0 Å². The molecule has 0 heterocycles. The number of hydrogen-bond donors (Lipinski definition) is 1. The van der Waals surface area contributed by atoms with Crippen molar-refractivity contribution >= 4 is 21.4 Å². The Hall–Kier alpha value is -0.580. The van der Waals surface area contributed by atoms with Crippen molar-refractivity contribution in [1.82, 2.24) is 5.32 Å². The van der Waals surface area contributed by atoms with Gasteiger partial charge in [-0.2, -0.15) is 0 Å². The minimum Gasteiger partial charge on any atom is -0.316 e. The summed E-state index contributed by atoms with van der Waals surface area (Å²) in [6.45, 7) is 0. The number of benzene rings is 1. The number of nitrogens with one attached hydrogen (secondary N) is 1. The van der Waals surface area contributed by atoms with E-state index in [4.69, 9.17) is 11.6 Å². The van der Waals surface area contributed by atoms with Crippen LogP contribution in [0.4, 0.5) is 0 Å². The van der Waals surface area contributed by atoms with Gasteiger partial charge in [-0.05, 0) is 43.5 Å². The molecule has 0 amide bonds. The van der Waals surface area contributed by atoms with Crippen LogP contribution in [0, 0.1) is 5.92 Å². The van der Waals surface area contributed by atoms with Gasteiger partial charge in [0.05, 0.1) is 11.5 Å². The fourth-order valence-electron chi connectivity index (χ4n) is 2.12. The van der Waals surface area contributed by atoms with E-state index < -0.39 is 9.84 Å². The van der Waals surface area contributed by atoms with Crippen LogP contribution in [0.1, 0.15) is 18.4 Å². The summed E-state index contributed by atoms with van der Waals surface area (Å²) in [5.41, 5.74) is 0.796. The summed E-state index contributed by atoms with van der Waals surface area (Å²) in [5.74, 6) is 0.848. The Bertz CT molecular complexity index is 494. The Kier molecular flexibility index (Phi) is 4.30. The van der Waals surface area contributed by atoms with Crippen molar-refractivity contribution in [2.75, 3.05) is 12.8 Å². The van der Waals surface area contributed by atoms with Gasteiger partial charge in [0.1, 0.15) is 0 Å². The van der Waals surface area contributed by atoms with Crippen LogP contribution >= 0.6 is 11.6 Å². The minimum absolute atomic E-state index is 0.0923. The minimum atomic E-state index is -3.07. The third-order valence-corrected chi connectivity index (χ3v) is 5.19. The second-order valence-corrected chi connectivity index (χ2v) is 7.46. The Balaban J connectivity index is 2.00.